The summed E-state index contributed by atoms with van der Waals surface area (Å²) in [6.07, 6.45) is 0.901. The van der Waals surface area contributed by atoms with Crippen molar-refractivity contribution in [3.8, 4) is 0 Å². The maximum absolute atomic E-state index is 5.99. The number of benzene rings is 1. The van der Waals surface area contributed by atoms with Gasteiger partial charge >= 0.3 is 0 Å². The minimum atomic E-state index is 0.578. The van der Waals surface area contributed by atoms with Gasteiger partial charge in [0, 0.05) is 24.2 Å². The summed E-state index contributed by atoms with van der Waals surface area (Å²) in [7, 11) is 0. The van der Waals surface area contributed by atoms with Gasteiger partial charge in [0.15, 0.2) is 0 Å². The smallest absolute Gasteiger partial charge is 0.131 e. The summed E-state index contributed by atoms with van der Waals surface area (Å²) in [5.74, 6) is 3.06. The van der Waals surface area contributed by atoms with Crippen LogP contribution in [0.3, 0.4) is 0 Å². The molecule has 0 aliphatic rings. The third-order valence-electron chi connectivity index (χ3n) is 3.14. The normalized spacial score (nSPS) is 10.8. The first kappa shape index (κ1) is 16.6. The SMILES string of the molecule is Cc1nc(NCCc2cccc(Cl)c2)cc(NCC(C)C)n1. The van der Waals surface area contributed by atoms with E-state index >= 15 is 0 Å². The minimum Gasteiger partial charge on any atom is -0.370 e. The molecular weight excluding hydrogens is 296 g/mol. The van der Waals surface area contributed by atoms with Crippen molar-refractivity contribution < 1.29 is 0 Å². The number of halogens is 1. The number of aromatic nitrogens is 2. The first-order valence-corrected chi connectivity index (χ1v) is 7.98. The third kappa shape index (κ3) is 5.53. The van der Waals surface area contributed by atoms with E-state index in [0.29, 0.717) is 5.92 Å². The highest BCUT2D eigenvalue weighted by molar-refractivity contribution is 6.30. The lowest BCUT2D eigenvalue weighted by molar-refractivity contribution is 0.686. The van der Waals surface area contributed by atoms with E-state index in [9.17, 15) is 0 Å². The van der Waals surface area contributed by atoms with E-state index in [1.165, 1.54) is 5.56 Å². The van der Waals surface area contributed by atoms with Gasteiger partial charge in [-0.2, -0.15) is 0 Å². The molecule has 22 heavy (non-hydrogen) atoms. The average Bonchev–Trinajstić information content (AvgIpc) is 2.45. The van der Waals surface area contributed by atoms with Gasteiger partial charge in [-0.05, 0) is 37.0 Å². The molecule has 0 aliphatic heterocycles. The summed E-state index contributed by atoms with van der Waals surface area (Å²) in [5, 5.41) is 7.45. The van der Waals surface area contributed by atoms with Crippen molar-refractivity contribution in [2.24, 2.45) is 5.92 Å². The van der Waals surface area contributed by atoms with Crippen molar-refractivity contribution in [1.29, 1.82) is 0 Å². The molecular formula is C17H23ClN4. The molecule has 5 heteroatoms. The molecule has 1 aromatic carbocycles. The number of nitrogens with one attached hydrogen (secondary N) is 2. The molecule has 0 radical (unpaired) electrons. The molecule has 0 atom stereocenters. The number of aryl methyl sites for hydroxylation is 1. The Balaban J connectivity index is 1.91. The highest BCUT2D eigenvalue weighted by Gasteiger charge is 2.03. The fraction of sp³-hybridized carbons (Fsp3) is 0.412. The van der Waals surface area contributed by atoms with Crippen molar-refractivity contribution in [1.82, 2.24) is 9.97 Å². The van der Waals surface area contributed by atoms with E-state index < -0.39 is 0 Å². The first-order chi connectivity index (χ1) is 10.5. The molecule has 0 saturated heterocycles. The molecule has 0 saturated carbocycles. The molecule has 2 N–H and O–H groups in total. The molecule has 0 bridgehead atoms. The van der Waals surface area contributed by atoms with Crippen molar-refractivity contribution in [3.05, 3.63) is 46.7 Å². The zero-order valence-corrected chi connectivity index (χ0v) is 14.1. The summed E-state index contributed by atoms with van der Waals surface area (Å²) < 4.78 is 0. The Bertz CT molecular complexity index is 613. The van der Waals surface area contributed by atoms with E-state index in [4.69, 9.17) is 11.6 Å². The zero-order chi connectivity index (χ0) is 15.9. The molecule has 2 aromatic rings. The zero-order valence-electron chi connectivity index (χ0n) is 13.4. The van der Waals surface area contributed by atoms with Crippen LogP contribution in [0.5, 0.6) is 0 Å². The third-order valence-corrected chi connectivity index (χ3v) is 3.37. The van der Waals surface area contributed by atoms with Gasteiger partial charge in [0.05, 0.1) is 0 Å². The molecule has 1 heterocycles. The van der Waals surface area contributed by atoms with E-state index in [0.717, 1.165) is 42.0 Å². The Morgan fingerprint density at radius 3 is 2.50 bits per heavy atom. The van der Waals surface area contributed by atoms with Gasteiger partial charge in [-0.1, -0.05) is 37.6 Å². The molecule has 118 valence electrons. The van der Waals surface area contributed by atoms with Gasteiger partial charge in [-0.25, -0.2) is 9.97 Å². The van der Waals surface area contributed by atoms with Crippen LogP contribution < -0.4 is 10.6 Å². The van der Waals surface area contributed by atoms with E-state index in [2.05, 4.69) is 40.5 Å². The summed E-state index contributed by atoms with van der Waals surface area (Å²) in [5.41, 5.74) is 1.21. The van der Waals surface area contributed by atoms with Gasteiger partial charge in [0.25, 0.3) is 0 Å². The predicted octanol–water partition coefficient (Wildman–Crippen LogP) is 4.16. The first-order valence-electron chi connectivity index (χ1n) is 7.61. The number of anilines is 2. The Labute approximate surface area is 137 Å². The van der Waals surface area contributed by atoms with Crippen LogP contribution in [0.25, 0.3) is 0 Å². The second-order valence-electron chi connectivity index (χ2n) is 5.77. The summed E-state index contributed by atoms with van der Waals surface area (Å²) in [4.78, 5) is 8.83. The van der Waals surface area contributed by atoms with Crippen LogP contribution >= 0.6 is 11.6 Å². The number of nitrogens with zero attached hydrogens (tertiary/aromatic N) is 2. The summed E-state index contributed by atoms with van der Waals surface area (Å²) >= 11 is 5.99. The van der Waals surface area contributed by atoms with Crippen LogP contribution in [-0.2, 0) is 6.42 Å². The van der Waals surface area contributed by atoms with Gasteiger partial charge in [-0.15, -0.1) is 0 Å². The maximum atomic E-state index is 5.99. The van der Waals surface area contributed by atoms with Crippen molar-refractivity contribution in [3.63, 3.8) is 0 Å². The second-order valence-corrected chi connectivity index (χ2v) is 6.20. The Kier molecular flexibility index (Phi) is 6.01. The summed E-state index contributed by atoms with van der Waals surface area (Å²) in [6, 6.07) is 9.88. The van der Waals surface area contributed by atoms with Crippen LogP contribution in [0, 0.1) is 12.8 Å². The van der Waals surface area contributed by atoms with E-state index in [1.54, 1.807) is 0 Å². The van der Waals surface area contributed by atoms with Crippen LogP contribution in [-0.4, -0.2) is 23.1 Å². The number of rotatable bonds is 7. The Hall–Kier alpha value is -1.81. The average molecular weight is 319 g/mol. The standard InChI is InChI=1S/C17H23ClN4/c1-12(2)11-20-17-10-16(21-13(3)22-17)19-8-7-14-5-4-6-15(18)9-14/h4-6,9-10,12H,7-8,11H2,1-3H3,(H2,19,20,21,22). The molecule has 0 spiro atoms. The van der Waals surface area contributed by atoms with Gasteiger partial charge in [0.2, 0.25) is 0 Å². The van der Waals surface area contributed by atoms with Gasteiger partial charge < -0.3 is 10.6 Å². The van der Waals surface area contributed by atoms with Crippen LogP contribution in [0.1, 0.15) is 25.2 Å². The Morgan fingerprint density at radius 1 is 1.09 bits per heavy atom. The summed E-state index contributed by atoms with van der Waals surface area (Å²) in [6.45, 7) is 7.96. The topological polar surface area (TPSA) is 49.8 Å². The van der Waals surface area contributed by atoms with E-state index in [1.807, 2.05) is 31.2 Å². The lowest BCUT2D eigenvalue weighted by Crippen LogP contribution is -2.12. The quantitative estimate of drug-likeness (QED) is 0.804. The lowest BCUT2D eigenvalue weighted by atomic mass is 10.1. The Morgan fingerprint density at radius 2 is 1.82 bits per heavy atom. The number of hydrogen-bond acceptors (Lipinski definition) is 4. The van der Waals surface area contributed by atoms with Crippen molar-refractivity contribution >= 4 is 23.2 Å². The second kappa shape index (κ2) is 7.99. The van der Waals surface area contributed by atoms with E-state index in [-0.39, 0.29) is 0 Å². The van der Waals surface area contributed by atoms with Gasteiger partial charge in [-0.3, -0.25) is 0 Å². The van der Waals surface area contributed by atoms with Crippen molar-refractivity contribution in [2.45, 2.75) is 27.2 Å². The lowest BCUT2D eigenvalue weighted by Gasteiger charge is -2.11. The fourth-order valence-corrected chi connectivity index (χ4v) is 2.30. The highest BCUT2D eigenvalue weighted by atomic mass is 35.5. The monoisotopic (exact) mass is 318 g/mol. The molecule has 0 fully saturated rings. The molecule has 0 unspecified atom stereocenters. The molecule has 1 aromatic heterocycles. The largest absolute Gasteiger partial charge is 0.370 e. The number of hydrogen-bond donors (Lipinski definition) is 2. The minimum absolute atomic E-state index is 0.578. The molecule has 4 nitrogen and oxygen atoms in total. The predicted molar refractivity (Wildman–Crippen MR) is 93.7 cm³/mol. The fourth-order valence-electron chi connectivity index (χ4n) is 2.08. The van der Waals surface area contributed by atoms with Crippen molar-refractivity contribution in [2.75, 3.05) is 23.7 Å². The van der Waals surface area contributed by atoms with Crippen LogP contribution in [0.2, 0.25) is 5.02 Å². The molecule has 2 rings (SSSR count). The molecule has 0 amide bonds. The van der Waals surface area contributed by atoms with Crippen LogP contribution in [0.15, 0.2) is 30.3 Å². The maximum Gasteiger partial charge on any atom is 0.131 e. The molecule has 0 aliphatic carbocycles. The highest BCUT2D eigenvalue weighted by Crippen LogP contribution is 2.13. The van der Waals surface area contributed by atoms with Gasteiger partial charge in [0.1, 0.15) is 17.5 Å². The van der Waals surface area contributed by atoms with Crippen LogP contribution in [0.4, 0.5) is 11.6 Å².